The maximum absolute atomic E-state index is 12.9. The number of esters is 3. The normalized spacial score (nSPS) is 10.6. The lowest BCUT2D eigenvalue weighted by Gasteiger charge is -2.11. The van der Waals surface area contributed by atoms with E-state index in [9.17, 15) is 24.4 Å². The van der Waals surface area contributed by atoms with Gasteiger partial charge in [-0.3, -0.25) is 4.79 Å². The van der Waals surface area contributed by atoms with Crippen LogP contribution in [-0.4, -0.2) is 50.2 Å². The minimum absolute atomic E-state index is 0.0981. The van der Waals surface area contributed by atoms with Crippen LogP contribution in [0.2, 0.25) is 0 Å². The molecule has 0 bridgehead atoms. The van der Waals surface area contributed by atoms with Crippen molar-refractivity contribution < 1.29 is 42.9 Å². The van der Waals surface area contributed by atoms with Crippen molar-refractivity contribution in [3.8, 4) is 23.3 Å². The molecule has 0 spiro atoms. The molecule has 0 radical (unpaired) electrons. The number of nitrogens with zero attached hydrogens (tertiary/aromatic N) is 1. The van der Waals surface area contributed by atoms with E-state index < -0.39 is 23.8 Å². The fourth-order valence-corrected chi connectivity index (χ4v) is 4.11. The highest BCUT2D eigenvalue weighted by molar-refractivity contribution is 6.10. The average Bonchev–Trinajstić information content (AvgIpc) is 3.11. The van der Waals surface area contributed by atoms with Crippen LogP contribution in [0, 0.1) is 18.3 Å². The van der Waals surface area contributed by atoms with E-state index >= 15 is 0 Å². The maximum Gasteiger partial charge on any atom is 0.343 e. The largest absolute Gasteiger partial charge is 0.494 e. The Labute approximate surface area is 285 Å². The van der Waals surface area contributed by atoms with Gasteiger partial charge in [0, 0.05) is 17.8 Å². The van der Waals surface area contributed by atoms with Crippen molar-refractivity contribution in [2.45, 2.75) is 32.6 Å². The zero-order chi connectivity index (χ0) is 35.4. The molecule has 49 heavy (non-hydrogen) atoms. The highest BCUT2D eigenvalue weighted by Crippen LogP contribution is 2.24. The molecule has 254 valence electrons. The summed E-state index contributed by atoms with van der Waals surface area (Å²) >= 11 is 0. The Morgan fingerprint density at radius 2 is 1.24 bits per heavy atom. The molecule has 3 rings (SSSR count). The Morgan fingerprint density at radius 3 is 1.76 bits per heavy atom. The van der Waals surface area contributed by atoms with E-state index in [1.54, 1.807) is 73.7 Å². The minimum atomic E-state index is -0.591. The number of nitriles is 1. The number of carbonyl (C=O) groups is 4. The Balaban J connectivity index is 1.46. The molecule has 0 aromatic heterocycles. The van der Waals surface area contributed by atoms with Crippen LogP contribution >= 0.6 is 0 Å². The van der Waals surface area contributed by atoms with E-state index in [4.69, 9.17) is 23.7 Å². The molecule has 0 aliphatic heterocycles. The second kappa shape index (κ2) is 20.2. The summed E-state index contributed by atoms with van der Waals surface area (Å²) in [5, 5.41) is 12.4. The Morgan fingerprint density at radius 1 is 0.735 bits per heavy atom. The van der Waals surface area contributed by atoms with E-state index in [2.05, 4.69) is 18.5 Å². The zero-order valence-electron chi connectivity index (χ0n) is 27.3. The third-order valence-electron chi connectivity index (χ3n) is 6.74. The summed E-state index contributed by atoms with van der Waals surface area (Å²) in [5.74, 6) is -0.574. The van der Waals surface area contributed by atoms with Crippen molar-refractivity contribution in [3.63, 3.8) is 0 Å². The van der Waals surface area contributed by atoms with E-state index in [0.717, 1.165) is 12.2 Å². The summed E-state index contributed by atoms with van der Waals surface area (Å²) in [7, 11) is 0. The number of benzene rings is 3. The molecule has 0 saturated carbocycles. The van der Waals surface area contributed by atoms with Crippen LogP contribution in [0.1, 0.15) is 47.2 Å². The molecule has 0 saturated heterocycles. The lowest BCUT2D eigenvalue weighted by molar-refractivity contribution is -0.138. The monoisotopic (exact) mass is 666 g/mol. The molecule has 0 aliphatic carbocycles. The quantitative estimate of drug-likeness (QED) is 0.0491. The van der Waals surface area contributed by atoms with E-state index in [1.807, 2.05) is 6.07 Å². The second-order valence-electron chi connectivity index (χ2n) is 10.4. The second-order valence-corrected chi connectivity index (χ2v) is 10.4. The SMILES string of the molecule is C=CC(=O)OCCCCOc1ccc(/C=C(\C#N)C(=O)Nc2ccc(OC(=O)c3ccc(OCCCCOC(=O)C=C)cc3)cc2C)cc1. The van der Waals surface area contributed by atoms with Crippen molar-refractivity contribution in [1.29, 1.82) is 5.26 Å². The standard InChI is InChI=1S/C38H38N2O9/c1-4-35(41)47-22-8-6-20-45-31-14-10-28(11-15-31)25-30(26-39)37(43)40-34-19-18-33(24-27(34)3)49-38(44)29-12-16-32(17-13-29)46-21-7-9-23-48-36(42)5-2/h4-5,10-19,24-25H,1-2,6-9,20-23H2,3H3,(H,40,43)/b30-25+. The van der Waals surface area contributed by atoms with Crippen LogP contribution in [0.3, 0.4) is 0 Å². The number of unbranched alkanes of at least 4 members (excludes halogenated alkanes) is 2. The van der Waals surface area contributed by atoms with Crippen molar-refractivity contribution >= 4 is 35.6 Å². The molecule has 3 aromatic rings. The first kappa shape index (κ1) is 37.3. The summed E-state index contributed by atoms with van der Waals surface area (Å²) in [4.78, 5) is 47.7. The summed E-state index contributed by atoms with van der Waals surface area (Å²) in [6.07, 6.45) is 6.39. The fourth-order valence-electron chi connectivity index (χ4n) is 4.11. The van der Waals surface area contributed by atoms with Gasteiger partial charge in [-0.25, -0.2) is 14.4 Å². The van der Waals surface area contributed by atoms with Crippen LogP contribution in [-0.2, 0) is 23.9 Å². The Bertz CT molecular complexity index is 1690. The average molecular weight is 667 g/mol. The van der Waals surface area contributed by atoms with Crippen LogP contribution in [0.5, 0.6) is 17.2 Å². The molecule has 0 fully saturated rings. The molecular formula is C38H38N2O9. The molecule has 0 aliphatic rings. The summed E-state index contributed by atoms with van der Waals surface area (Å²) in [5.41, 5.74) is 1.94. The third kappa shape index (κ3) is 13.2. The number of anilines is 1. The first-order valence-corrected chi connectivity index (χ1v) is 15.5. The predicted molar refractivity (Wildman–Crippen MR) is 183 cm³/mol. The molecule has 11 heteroatoms. The Hall–Kier alpha value is -6.15. The zero-order valence-corrected chi connectivity index (χ0v) is 27.3. The number of amides is 1. The number of ether oxygens (including phenoxy) is 5. The van der Waals surface area contributed by atoms with Crippen LogP contribution in [0.15, 0.2) is 97.6 Å². The summed E-state index contributed by atoms with van der Waals surface area (Å²) < 4.78 is 26.7. The topological polar surface area (TPSA) is 150 Å². The van der Waals surface area contributed by atoms with Gasteiger partial charge >= 0.3 is 17.9 Å². The van der Waals surface area contributed by atoms with Gasteiger partial charge in [-0.05, 0) is 104 Å². The van der Waals surface area contributed by atoms with Gasteiger partial charge in [-0.2, -0.15) is 5.26 Å². The number of hydrogen-bond acceptors (Lipinski definition) is 10. The first-order valence-electron chi connectivity index (χ1n) is 15.5. The molecule has 11 nitrogen and oxygen atoms in total. The van der Waals surface area contributed by atoms with Crippen LogP contribution < -0.4 is 19.5 Å². The minimum Gasteiger partial charge on any atom is -0.494 e. The fraction of sp³-hybridized carbons (Fsp3) is 0.237. The number of aryl methyl sites for hydroxylation is 1. The maximum atomic E-state index is 12.9. The number of rotatable bonds is 19. The van der Waals surface area contributed by atoms with Crippen molar-refractivity contribution in [3.05, 3.63) is 114 Å². The van der Waals surface area contributed by atoms with Gasteiger partial charge in [-0.1, -0.05) is 25.3 Å². The van der Waals surface area contributed by atoms with Crippen LogP contribution in [0.4, 0.5) is 5.69 Å². The van der Waals surface area contributed by atoms with Gasteiger partial charge in [0.05, 0.1) is 32.0 Å². The van der Waals surface area contributed by atoms with E-state index in [1.165, 1.54) is 6.08 Å². The number of nitrogens with one attached hydrogen (secondary N) is 1. The first-order chi connectivity index (χ1) is 23.7. The smallest absolute Gasteiger partial charge is 0.343 e. The van der Waals surface area contributed by atoms with Gasteiger partial charge < -0.3 is 29.0 Å². The lowest BCUT2D eigenvalue weighted by atomic mass is 10.1. The summed E-state index contributed by atoms with van der Waals surface area (Å²) in [6.45, 7) is 9.87. The molecule has 1 N–H and O–H groups in total. The molecule has 3 aromatic carbocycles. The molecular weight excluding hydrogens is 628 g/mol. The van der Waals surface area contributed by atoms with Gasteiger partial charge in [0.15, 0.2) is 0 Å². The van der Waals surface area contributed by atoms with Gasteiger partial charge in [0.25, 0.3) is 5.91 Å². The number of hydrogen-bond donors (Lipinski definition) is 1. The number of carbonyl (C=O) groups excluding carboxylic acids is 4. The van der Waals surface area contributed by atoms with Crippen molar-refractivity contribution in [2.24, 2.45) is 0 Å². The summed E-state index contributed by atoms with van der Waals surface area (Å²) in [6, 6.07) is 20.1. The highest BCUT2D eigenvalue weighted by Gasteiger charge is 2.14. The van der Waals surface area contributed by atoms with Gasteiger partial charge in [0.1, 0.15) is 28.9 Å². The highest BCUT2D eigenvalue weighted by atomic mass is 16.5. The van der Waals surface area contributed by atoms with Crippen molar-refractivity contribution in [1.82, 2.24) is 0 Å². The molecule has 0 atom stereocenters. The third-order valence-corrected chi connectivity index (χ3v) is 6.74. The molecule has 0 heterocycles. The lowest BCUT2D eigenvalue weighted by Crippen LogP contribution is -2.14. The molecule has 1 amide bonds. The van der Waals surface area contributed by atoms with E-state index in [-0.39, 0.29) is 11.3 Å². The van der Waals surface area contributed by atoms with Gasteiger partial charge in [0.2, 0.25) is 0 Å². The van der Waals surface area contributed by atoms with Crippen molar-refractivity contribution in [2.75, 3.05) is 31.7 Å². The molecule has 0 unspecified atom stereocenters. The Kier molecular flexibility index (Phi) is 15.4. The van der Waals surface area contributed by atoms with E-state index in [0.29, 0.717) is 86.0 Å². The van der Waals surface area contributed by atoms with Crippen LogP contribution in [0.25, 0.3) is 6.08 Å². The predicted octanol–water partition coefficient (Wildman–Crippen LogP) is 6.54. The van der Waals surface area contributed by atoms with Gasteiger partial charge in [-0.15, -0.1) is 0 Å².